The molecule has 0 aromatic carbocycles. The van der Waals surface area contributed by atoms with Gasteiger partial charge >= 0.3 is 0 Å². The summed E-state index contributed by atoms with van der Waals surface area (Å²) >= 11 is 0. The monoisotopic (exact) mass is 255 g/mol. The van der Waals surface area contributed by atoms with E-state index in [0.29, 0.717) is 18.1 Å². The quantitative estimate of drug-likeness (QED) is 0.848. The van der Waals surface area contributed by atoms with Crippen LogP contribution in [-0.4, -0.2) is 23.6 Å². The number of nitrogens with one attached hydrogen (secondary N) is 1. The second-order valence-corrected chi connectivity index (χ2v) is 4.23. The molecule has 1 heterocycles. The van der Waals surface area contributed by atoms with Gasteiger partial charge in [-0.3, -0.25) is 0 Å². The first-order chi connectivity index (χ1) is 8.54. The van der Waals surface area contributed by atoms with Gasteiger partial charge in [0.15, 0.2) is 17.5 Å². The third kappa shape index (κ3) is 2.61. The zero-order valence-electron chi connectivity index (χ0n) is 11.8. The molecule has 0 aliphatic carbocycles. The zero-order valence-corrected chi connectivity index (χ0v) is 11.8. The maximum Gasteiger partial charge on any atom is 0.186 e. The number of anilines is 1. The van der Waals surface area contributed by atoms with Gasteiger partial charge in [0.1, 0.15) is 5.60 Å². The Morgan fingerprint density at radius 3 is 2.28 bits per heavy atom. The van der Waals surface area contributed by atoms with Crippen molar-refractivity contribution in [2.45, 2.75) is 46.1 Å². The van der Waals surface area contributed by atoms with Crippen LogP contribution in [-0.2, 0) is 10.3 Å². The molecule has 0 atom stereocenters. The van der Waals surface area contributed by atoms with Crippen LogP contribution >= 0.6 is 0 Å². The van der Waals surface area contributed by atoms with E-state index in [-0.39, 0.29) is 5.82 Å². The van der Waals surface area contributed by atoms with Crippen molar-refractivity contribution in [2.75, 3.05) is 19.0 Å². The highest BCUT2D eigenvalue weighted by Crippen LogP contribution is 2.31. The summed E-state index contributed by atoms with van der Waals surface area (Å²) in [4.78, 5) is 8.54. The molecule has 1 aromatic rings. The van der Waals surface area contributed by atoms with Gasteiger partial charge in [-0.15, -0.1) is 0 Å². The summed E-state index contributed by atoms with van der Waals surface area (Å²) in [7, 11) is 1.64. The van der Waals surface area contributed by atoms with E-state index < -0.39 is 11.4 Å². The van der Waals surface area contributed by atoms with Crippen LogP contribution in [0.15, 0.2) is 0 Å². The van der Waals surface area contributed by atoms with E-state index in [2.05, 4.69) is 15.3 Å². The predicted octanol–water partition coefficient (Wildman–Crippen LogP) is 3.02. The number of aryl methyl sites for hydroxylation is 1. The average Bonchev–Trinajstić information content (AvgIpc) is 2.38. The van der Waals surface area contributed by atoms with E-state index >= 15 is 0 Å². The lowest BCUT2D eigenvalue weighted by molar-refractivity contribution is -0.0292. The molecule has 1 N–H and O–H groups in total. The molecule has 0 saturated carbocycles. The Bertz CT molecular complexity index is 397. The van der Waals surface area contributed by atoms with Crippen molar-refractivity contribution in [1.29, 1.82) is 0 Å². The zero-order chi connectivity index (χ0) is 13.8. The van der Waals surface area contributed by atoms with E-state index in [0.717, 1.165) is 12.8 Å². The van der Waals surface area contributed by atoms with Crippen LogP contribution in [0.5, 0.6) is 0 Å². The molecule has 0 fully saturated rings. The molecule has 0 spiro atoms. The topological polar surface area (TPSA) is 47.0 Å². The van der Waals surface area contributed by atoms with Gasteiger partial charge in [0.2, 0.25) is 0 Å². The molecular weight excluding hydrogens is 233 g/mol. The molecule has 102 valence electrons. The van der Waals surface area contributed by atoms with E-state index in [4.69, 9.17) is 4.74 Å². The van der Waals surface area contributed by atoms with Gasteiger partial charge < -0.3 is 10.1 Å². The van der Waals surface area contributed by atoms with Crippen LogP contribution < -0.4 is 5.32 Å². The third-order valence-corrected chi connectivity index (χ3v) is 3.30. The summed E-state index contributed by atoms with van der Waals surface area (Å²) in [5.74, 6) is 0.408. The molecule has 0 bridgehead atoms. The smallest absolute Gasteiger partial charge is 0.186 e. The molecule has 0 amide bonds. The molecule has 0 unspecified atom stereocenters. The molecule has 4 nitrogen and oxygen atoms in total. The summed E-state index contributed by atoms with van der Waals surface area (Å²) in [6.45, 7) is 8.20. The summed E-state index contributed by atoms with van der Waals surface area (Å²) in [5.41, 5.74) is -0.193. The predicted molar refractivity (Wildman–Crippen MR) is 70.2 cm³/mol. The van der Waals surface area contributed by atoms with Crippen molar-refractivity contribution in [3.8, 4) is 0 Å². The lowest BCUT2D eigenvalue weighted by atomic mass is 9.96. The molecule has 0 radical (unpaired) electrons. The minimum Gasteiger partial charge on any atom is -0.370 e. The number of aromatic nitrogens is 2. The van der Waals surface area contributed by atoms with Gasteiger partial charge in [-0.05, 0) is 26.7 Å². The van der Waals surface area contributed by atoms with Gasteiger partial charge in [0.05, 0.1) is 5.69 Å². The van der Waals surface area contributed by atoms with Crippen molar-refractivity contribution >= 4 is 5.82 Å². The first kappa shape index (κ1) is 14.8. The van der Waals surface area contributed by atoms with Gasteiger partial charge in [-0.2, -0.15) is 0 Å². The number of halogens is 1. The highest BCUT2D eigenvalue weighted by atomic mass is 19.1. The third-order valence-electron chi connectivity index (χ3n) is 3.30. The molecular formula is C13H22FN3O. The van der Waals surface area contributed by atoms with Crippen molar-refractivity contribution in [3.63, 3.8) is 0 Å². The Balaban J connectivity index is 3.32. The van der Waals surface area contributed by atoms with Crippen LogP contribution in [0.4, 0.5) is 10.2 Å². The Morgan fingerprint density at radius 2 is 1.83 bits per heavy atom. The minimum atomic E-state index is -0.539. The van der Waals surface area contributed by atoms with Crippen molar-refractivity contribution < 1.29 is 9.13 Å². The molecule has 0 aliphatic rings. The molecule has 1 aromatic heterocycles. The van der Waals surface area contributed by atoms with Crippen molar-refractivity contribution in [3.05, 3.63) is 17.3 Å². The van der Waals surface area contributed by atoms with E-state index in [9.17, 15) is 4.39 Å². The van der Waals surface area contributed by atoms with E-state index in [1.165, 1.54) is 0 Å². The summed E-state index contributed by atoms with van der Waals surface area (Å²) in [5, 5.41) is 2.92. The molecule has 1 rings (SSSR count). The number of methoxy groups -OCH3 is 1. The largest absolute Gasteiger partial charge is 0.370 e. The summed E-state index contributed by atoms with van der Waals surface area (Å²) in [6.07, 6.45) is 1.49. The van der Waals surface area contributed by atoms with Gasteiger partial charge in [0.25, 0.3) is 0 Å². The lowest BCUT2D eigenvalue weighted by Gasteiger charge is -2.29. The van der Waals surface area contributed by atoms with Gasteiger partial charge in [-0.25, -0.2) is 14.4 Å². The average molecular weight is 255 g/mol. The molecule has 0 saturated heterocycles. The van der Waals surface area contributed by atoms with Crippen LogP contribution in [0, 0.1) is 12.7 Å². The van der Waals surface area contributed by atoms with Crippen LogP contribution in [0.25, 0.3) is 0 Å². The molecule has 0 aliphatic heterocycles. The Kier molecular flexibility index (Phi) is 5.02. The van der Waals surface area contributed by atoms with Crippen molar-refractivity contribution in [2.24, 2.45) is 0 Å². The number of rotatable bonds is 6. The van der Waals surface area contributed by atoms with E-state index in [1.807, 2.05) is 20.8 Å². The van der Waals surface area contributed by atoms with Crippen molar-refractivity contribution in [1.82, 2.24) is 9.97 Å². The van der Waals surface area contributed by atoms with Gasteiger partial charge in [0, 0.05) is 13.7 Å². The minimum absolute atomic E-state index is 0.253. The fourth-order valence-electron chi connectivity index (χ4n) is 1.99. The summed E-state index contributed by atoms with van der Waals surface area (Å²) < 4.78 is 19.4. The Morgan fingerprint density at radius 1 is 1.22 bits per heavy atom. The number of hydrogen-bond donors (Lipinski definition) is 1. The maximum absolute atomic E-state index is 13.8. The van der Waals surface area contributed by atoms with E-state index in [1.54, 1.807) is 14.0 Å². The number of ether oxygens (including phenoxy) is 1. The SMILES string of the molecule is CCNc1nc(C(CC)(CC)OC)nc(C)c1F. The Labute approximate surface area is 108 Å². The standard InChI is InChI=1S/C13H22FN3O/c1-6-13(7-2,18-5)12-16-9(4)10(14)11(17-12)15-8-3/h6-8H2,1-5H3,(H,15,16,17). The number of nitrogens with zero attached hydrogens (tertiary/aromatic N) is 2. The number of hydrogen-bond acceptors (Lipinski definition) is 4. The highest BCUT2D eigenvalue weighted by Gasteiger charge is 2.32. The lowest BCUT2D eigenvalue weighted by Crippen LogP contribution is -2.30. The fourth-order valence-corrected chi connectivity index (χ4v) is 1.99. The van der Waals surface area contributed by atoms with Crippen LogP contribution in [0.3, 0.4) is 0 Å². The fraction of sp³-hybridized carbons (Fsp3) is 0.692. The highest BCUT2D eigenvalue weighted by molar-refractivity contribution is 5.38. The van der Waals surface area contributed by atoms with Crippen LogP contribution in [0.2, 0.25) is 0 Å². The van der Waals surface area contributed by atoms with Crippen LogP contribution in [0.1, 0.15) is 45.1 Å². The second-order valence-electron chi connectivity index (χ2n) is 4.23. The molecule has 5 heteroatoms. The second kappa shape index (κ2) is 6.09. The maximum atomic E-state index is 13.8. The first-order valence-corrected chi connectivity index (χ1v) is 6.38. The normalized spacial score (nSPS) is 11.7. The molecule has 18 heavy (non-hydrogen) atoms. The Hall–Kier alpha value is -1.23. The first-order valence-electron chi connectivity index (χ1n) is 6.38. The summed E-state index contributed by atoms with van der Waals surface area (Å²) in [6, 6.07) is 0. The van der Waals surface area contributed by atoms with Gasteiger partial charge in [-0.1, -0.05) is 13.8 Å².